The first-order valence-corrected chi connectivity index (χ1v) is 10.2. The summed E-state index contributed by atoms with van der Waals surface area (Å²) >= 11 is 0. The molecule has 1 fully saturated rings. The van der Waals surface area contributed by atoms with Crippen LogP contribution in [0.25, 0.3) is 0 Å². The summed E-state index contributed by atoms with van der Waals surface area (Å²) in [7, 11) is 0. The predicted octanol–water partition coefficient (Wildman–Crippen LogP) is 3.66. The van der Waals surface area contributed by atoms with Gasteiger partial charge in [-0.25, -0.2) is 4.79 Å². The molecule has 1 saturated heterocycles. The molecule has 3 rings (SSSR count). The molecule has 0 unspecified atom stereocenters. The van der Waals surface area contributed by atoms with E-state index in [-0.39, 0.29) is 12.1 Å². The van der Waals surface area contributed by atoms with Gasteiger partial charge < -0.3 is 15.0 Å². The van der Waals surface area contributed by atoms with Gasteiger partial charge in [0.2, 0.25) is 0 Å². The average molecular weight is 385 g/mol. The van der Waals surface area contributed by atoms with E-state index in [0.29, 0.717) is 12.5 Å². The molecule has 1 amide bonds. The third-order valence-electron chi connectivity index (χ3n) is 5.02. The zero-order chi connectivity index (χ0) is 20.0. The van der Waals surface area contributed by atoms with Crippen LogP contribution in [0.15, 0.2) is 48.8 Å². The number of ether oxygens (including phenoxy) is 1. The number of nitrogens with one attached hydrogen (secondary N) is 1. The Morgan fingerprint density at radius 2 is 2.04 bits per heavy atom. The van der Waals surface area contributed by atoms with Crippen LogP contribution >= 0.6 is 0 Å². The Labute approximate surface area is 167 Å². The van der Waals surface area contributed by atoms with Gasteiger partial charge in [0.15, 0.2) is 0 Å². The van der Waals surface area contributed by atoms with Crippen molar-refractivity contribution in [3.8, 4) is 0 Å². The van der Waals surface area contributed by atoms with Gasteiger partial charge in [-0.3, -0.25) is 4.68 Å². The maximum atomic E-state index is 12.6. The van der Waals surface area contributed by atoms with Gasteiger partial charge in [-0.1, -0.05) is 30.3 Å². The Kier molecular flexibility index (Phi) is 6.73. The van der Waals surface area contributed by atoms with Gasteiger partial charge in [-0.15, -0.1) is 0 Å². The first-order valence-electron chi connectivity index (χ1n) is 10.2. The van der Waals surface area contributed by atoms with E-state index in [1.54, 1.807) is 6.20 Å². The highest BCUT2D eigenvalue weighted by Crippen LogP contribution is 2.29. The molecule has 2 aromatic rings. The maximum Gasteiger partial charge on any atom is 0.410 e. The van der Waals surface area contributed by atoms with Crippen LogP contribution in [0.1, 0.15) is 45.1 Å². The molecular formula is C22H32N4O2. The molecule has 6 nitrogen and oxygen atoms in total. The minimum absolute atomic E-state index is 0.210. The molecule has 2 atom stereocenters. The fourth-order valence-electron chi connectivity index (χ4n) is 3.71. The number of hydrogen-bond donors (Lipinski definition) is 1. The predicted molar refractivity (Wildman–Crippen MR) is 110 cm³/mol. The van der Waals surface area contributed by atoms with Gasteiger partial charge in [-0.2, -0.15) is 5.10 Å². The number of piperidine rings is 1. The van der Waals surface area contributed by atoms with Crippen molar-refractivity contribution in [2.75, 3.05) is 19.6 Å². The molecular weight excluding hydrogens is 352 g/mol. The van der Waals surface area contributed by atoms with Crippen LogP contribution in [0.5, 0.6) is 0 Å². The molecule has 2 heterocycles. The number of aromatic nitrogens is 2. The molecule has 0 saturated carbocycles. The molecule has 0 bridgehead atoms. The van der Waals surface area contributed by atoms with Crippen molar-refractivity contribution in [2.24, 2.45) is 0 Å². The molecule has 28 heavy (non-hydrogen) atoms. The topological polar surface area (TPSA) is 59.4 Å². The van der Waals surface area contributed by atoms with Crippen LogP contribution in [0.2, 0.25) is 0 Å². The number of likely N-dealkylation sites (tertiary alicyclic amines) is 1. The fourth-order valence-corrected chi connectivity index (χ4v) is 3.71. The van der Waals surface area contributed by atoms with E-state index >= 15 is 0 Å². The third kappa shape index (κ3) is 5.83. The minimum atomic E-state index is -0.472. The summed E-state index contributed by atoms with van der Waals surface area (Å²) in [5, 5.41) is 7.94. The van der Waals surface area contributed by atoms with E-state index in [9.17, 15) is 4.79 Å². The number of amides is 1. The lowest BCUT2D eigenvalue weighted by molar-refractivity contribution is 0.0171. The largest absolute Gasteiger partial charge is 0.444 e. The smallest absolute Gasteiger partial charge is 0.410 e. The number of carbonyl (C=O) groups is 1. The van der Waals surface area contributed by atoms with Crippen molar-refractivity contribution < 1.29 is 9.53 Å². The van der Waals surface area contributed by atoms with Crippen LogP contribution in [0.4, 0.5) is 4.79 Å². The van der Waals surface area contributed by atoms with E-state index in [1.807, 2.05) is 48.7 Å². The number of carbonyl (C=O) groups excluding carboxylic acids is 1. The Balaban J connectivity index is 1.61. The highest BCUT2D eigenvalue weighted by Gasteiger charge is 2.33. The Hall–Kier alpha value is -2.34. The van der Waals surface area contributed by atoms with Crippen molar-refractivity contribution in [1.29, 1.82) is 0 Å². The van der Waals surface area contributed by atoms with Crippen LogP contribution in [0.3, 0.4) is 0 Å². The minimum Gasteiger partial charge on any atom is -0.444 e. The van der Waals surface area contributed by atoms with E-state index in [2.05, 4.69) is 34.7 Å². The fraction of sp³-hybridized carbons (Fsp3) is 0.545. The quantitative estimate of drug-likeness (QED) is 0.772. The lowest BCUT2D eigenvalue weighted by atomic mass is 9.85. The number of aryl methyl sites for hydroxylation is 1. The molecule has 6 heteroatoms. The zero-order valence-electron chi connectivity index (χ0n) is 17.2. The second kappa shape index (κ2) is 9.24. The zero-order valence-corrected chi connectivity index (χ0v) is 17.2. The van der Waals surface area contributed by atoms with Crippen molar-refractivity contribution in [1.82, 2.24) is 20.0 Å². The number of nitrogens with zero attached hydrogens (tertiary/aromatic N) is 3. The van der Waals surface area contributed by atoms with Crippen LogP contribution in [0, 0.1) is 0 Å². The van der Waals surface area contributed by atoms with Crippen molar-refractivity contribution in [2.45, 2.75) is 57.7 Å². The molecule has 1 N–H and O–H groups in total. The first kappa shape index (κ1) is 20.4. The first-order chi connectivity index (χ1) is 13.4. The summed E-state index contributed by atoms with van der Waals surface area (Å²) in [6.07, 6.45) is 5.49. The van der Waals surface area contributed by atoms with Crippen molar-refractivity contribution >= 4 is 6.09 Å². The Morgan fingerprint density at radius 1 is 1.25 bits per heavy atom. The Bertz CT molecular complexity index is 725. The van der Waals surface area contributed by atoms with E-state index in [4.69, 9.17) is 4.74 Å². The summed E-state index contributed by atoms with van der Waals surface area (Å²) in [4.78, 5) is 14.4. The molecule has 152 valence electrons. The van der Waals surface area contributed by atoms with Crippen molar-refractivity contribution in [3.63, 3.8) is 0 Å². The van der Waals surface area contributed by atoms with Gasteiger partial charge >= 0.3 is 6.09 Å². The second-order valence-corrected chi connectivity index (χ2v) is 8.42. The highest BCUT2D eigenvalue weighted by molar-refractivity contribution is 5.68. The van der Waals surface area contributed by atoms with Gasteiger partial charge in [0.25, 0.3) is 0 Å². The second-order valence-electron chi connectivity index (χ2n) is 8.42. The third-order valence-corrected chi connectivity index (χ3v) is 5.02. The number of rotatable bonds is 6. The summed E-state index contributed by atoms with van der Waals surface area (Å²) < 4.78 is 7.54. The average Bonchev–Trinajstić information content (AvgIpc) is 3.18. The maximum absolute atomic E-state index is 12.6. The molecule has 0 spiro atoms. The van der Waals surface area contributed by atoms with E-state index in [0.717, 1.165) is 32.5 Å². The molecule has 1 aromatic carbocycles. The number of hydrogen-bond acceptors (Lipinski definition) is 4. The van der Waals surface area contributed by atoms with Gasteiger partial charge in [0.05, 0.1) is 0 Å². The highest BCUT2D eigenvalue weighted by atomic mass is 16.6. The molecule has 0 radical (unpaired) electrons. The van der Waals surface area contributed by atoms with Crippen molar-refractivity contribution in [3.05, 3.63) is 54.4 Å². The number of benzene rings is 1. The van der Waals surface area contributed by atoms with Crippen LogP contribution < -0.4 is 5.32 Å². The summed E-state index contributed by atoms with van der Waals surface area (Å²) in [5.41, 5.74) is 0.857. The summed E-state index contributed by atoms with van der Waals surface area (Å²) in [6.45, 7) is 8.89. The molecule has 1 aliphatic heterocycles. The lowest BCUT2D eigenvalue weighted by Crippen LogP contribution is -2.52. The summed E-state index contributed by atoms with van der Waals surface area (Å²) in [6, 6.07) is 12.7. The Morgan fingerprint density at radius 3 is 2.71 bits per heavy atom. The molecule has 0 aliphatic carbocycles. The van der Waals surface area contributed by atoms with Gasteiger partial charge in [-0.05, 0) is 51.8 Å². The standard InChI is InChI=1S/C22H32N4O2/c1-22(2,3)28-21(27)25-16-11-19(18-9-5-4-6-10-18)20(17-25)23-12-7-14-26-15-8-13-24-26/h4-6,8-10,13,15,19-20,23H,7,11-12,14,16-17H2,1-3H3/t19-,20-/m0/s1. The molecule has 1 aromatic heterocycles. The summed E-state index contributed by atoms with van der Waals surface area (Å²) in [5.74, 6) is 0.393. The van der Waals surface area contributed by atoms with Gasteiger partial charge in [0.1, 0.15) is 5.60 Å². The van der Waals surface area contributed by atoms with E-state index < -0.39 is 5.60 Å². The van der Waals surface area contributed by atoms with Crippen LogP contribution in [-0.2, 0) is 11.3 Å². The van der Waals surface area contributed by atoms with Gasteiger partial charge in [0, 0.05) is 44.0 Å². The SMILES string of the molecule is CC(C)(C)OC(=O)N1CC[C@@H](c2ccccc2)[C@@H](NCCCn2cccn2)C1. The lowest BCUT2D eigenvalue weighted by Gasteiger charge is -2.39. The monoisotopic (exact) mass is 384 g/mol. The molecule has 1 aliphatic rings. The normalized spacial score (nSPS) is 20.2. The van der Waals surface area contributed by atoms with Crippen LogP contribution in [-0.4, -0.2) is 52.1 Å². The van der Waals surface area contributed by atoms with E-state index in [1.165, 1.54) is 5.56 Å².